The van der Waals surface area contributed by atoms with Crippen LogP contribution in [0.3, 0.4) is 0 Å². The van der Waals surface area contributed by atoms with Crippen molar-refractivity contribution in [2.24, 2.45) is 23.3 Å². The molecule has 10 N–H and O–H groups in total. The molecule has 318 valence electrons. The zero-order valence-corrected chi connectivity index (χ0v) is 35.0. The Morgan fingerprint density at radius 2 is 1.13 bits per heavy atom. The van der Waals surface area contributed by atoms with Gasteiger partial charge in [0.05, 0.1) is 12.0 Å². The van der Waals surface area contributed by atoms with Crippen molar-refractivity contribution in [2.75, 3.05) is 13.1 Å². The van der Waals surface area contributed by atoms with Gasteiger partial charge in [0.15, 0.2) is 0 Å². The normalized spacial score (nSPS) is 15.1. The fourth-order valence-corrected chi connectivity index (χ4v) is 5.54. The second-order valence-electron chi connectivity index (χ2n) is 17.2. The number of hydrogen-bond acceptors (Lipinski definition) is 11. The van der Waals surface area contributed by atoms with Crippen molar-refractivity contribution < 1.29 is 48.1 Å². The Bertz CT molecular complexity index is 1270. The topological polar surface area (TPSA) is 270 Å². The van der Waals surface area contributed by atoms with Gasteiger partial charge in [0.2, 0.25) is 23.6 Å². The average Bonchev–Trinajstić information content (AvgIpc) is 3.00. The molecule has 0 fully saturated rings. The number of amides is 5. The summed E-state index contributed by atoms with van der Waals surface area (Å²) in [4.78, 5) is 91.7. The minimum Gasteiger partial charge on any atom is -0.480 e. The van der Waals surface area contributed by atoms with Gasteiger partial charge in [0.1, 0.15) is 35.4 Å². The summed E-state index contributed by atoms with van der Waals surface area (Å²) in [5, 5.41) is 22.8. The lowest BCUT2D eigenvalue weighted by atomic mass is 9.90. The number of hydrogen-bond donors (Lipinski definition) is 8. The van der Waals surface area contributed by atoms with Gasteiger partial charge in [-0.3, -0.25) is 24.0 Å². The molecule has 0 saturated heterocycles. The number of carbonyl (C=O) groups excluding carboxylic acids is 6. The number of nitrogens with two attached hydrogens (primary N) is 2. The Hall–Kier alpha value is -3.99. The largest absolute Gasteiger partial charge is 0.480 e. The van der Waals surface area contributed by atoms with Crippen molar-refractivity contribution >= 4 is 41.7 Å². The third-order valence-corrected chi connectivity index (χ3v) is 7.89. The first kappa shape index (κ1) is 51.0. The second-order valence-corrected chi connectivity index (χ2v) is 17.2. The van der Waals surface area contributed by atoms with Gasteiger partial charge in [0, 0.05) is 6.54 Å². The predicted molar refractivity (Wildman–Crippen MR) is 208 cm³/mol. The Morgan fingerprint density at radius 1 is 0.636 bits per heavy atom. The van der Waals surface area contributed by atoms with E-state index in [0.29, 0.717) is 38.6 Å². The monoisotopic (exact) mass is 786 g/mol. The Kier molecular flexibility index (Phi) is 22.1. The zero-order valence-electron chi connectivity index (χ0n) is 35.0. The molecule has 5 atom stereocenters. The van der Waals surface area contributed by atoms with Crippen LogP contribution < -0.4 is 38.1 Å². The van der Waals surface area contributed by atoms with Crippen molar-refractivity contribution in [1.29, 1.82) is 0 Å². The number of esters is 1. The molecule has 0 heterocycles. The van der Waals surface area contributed by atoms with Gasteiger partial charge in [-0.15, -0.1) is 0 Å². The van der Waals surface area contributed by atoms with Crippen LogP contribution in [-0.4, -0.2) is 101 Å². The summed E-state index contributed by atoms with van der Waals surface area (Å²) in [5.74, 6) is -5.11. The van der Waals surface area contributed by atoms with Crippen molar-refractivity contribution in [3.63, 3.8) is 0 Å². The molecular weight excluding hydrogens is 714 g/mol. The summed E-state index contributed by atoms with van der Waals surface area (Å²) < 4.78 is 10.7. The Balaban J connectivity index is 6.44. The second kappa shape index (κ2) is 23.8. The standard InChI is InChI=1S/C38H71N7O10/c1-23(2)20-27(45-34(52)38(11,40)22-24(3)4)31(48)44-28(21-29(46)54-36(5,6)7)32(49)42-25(16-13-15-19-41-35(53)55-37(8,9)10)30(47)43-26(33(50)51)17-12-14-18-39/h23-28H,12-22,39-40H2,1-11H3,(H,41,53)(H,42,49)(H,43,47)(H,44,48)(H,45,52)(H,50,51)/t25-,26-,27-,28-,38-/m0/s1. The summed E-state index contributed by atoms with van der Waals surface area (Å²) in [6.45, 7) is 19.7. The molecule has 0 aliphatic rings. The molecule has 0 bridgehead atoms. The number of carboxylic acids is 1. The number of aliphatic carboxylic acids is 1. The van der Waals surface area contributed by atoms with Crippen molar-refractivity contribution in [3.05, 3.63) is 0 Å². The molecule has 0 saturated carbocycles. The van der Waals surface area contributed by atoms with E-state index in [2.05, 4.69) is 26.6 Å². The number of carbonyl (C=O) groups is 7. The maximum atomic E-state index is 14.0. The highest BCUT2D eigenvalue weighted by atomic mass is 16.6. The summed E-state index contributed by atoms with van der Waals surface area (Å²) in [6, 6.07) is -5.26. The van der Waals surface area contributed by atoms with Crippen molar-refractivity contribution in [1.82, 2.24) is 26.6 Å². The molecule has 5 amide bonds. The molecule has 55 heavy (non-hydrogen) atoms. The summed E-state index contributed by atoms with van der Waals surface area (Å²) in [5.41, 5.74) is 8.94. The van der Waals surface area contributed by atoms with E-state index in [1.807, 2.05) is 27.7 Å². The number of alkyl carbamates (subject to hydrolysis) is 1. The van der Waals surface area contributed by atoms with Gasteiger partial charge >= 0.3 is 18.0 Å². The van der Waals surface area contributed by atoms with Crippen LogP contribution in [0.25, 0.3) is 0 Å². The fraction of sp³-hybridized carbons (Fsp3) is 0.816. The van der Waals surface area contributed by atoms with Crippen LogP contribution in [0.2, 0.25) is 0 Å². The quantitative estimate of drug-likeness (QED) is 0.0518. The van der Waals surface area contributed by atoms with Crippen LogP contribution in [0.1, 0.15) is 134 Å². The number of nitrogens with one attached hydrogen (secondary N) is 5. The van der Waals surface area contributed by atoms with E-state index in [1.54, 1.807) is 48.5 Å². The minimum absolute atomic E-state index is 0.00673. The molecule has 0 aromatic heterocycles. The van der Waals surface area contributed by atoms with Crippen LogP contribution in [0.4, 0.5) is 4.79 Å². The molecule has 0 radical (unpaired) electrons. The van der Waals surface area contributed by atoms with Crippen LogP contribution in [0.15, 0.2) is 0 Å². The number of ether oxygens (including phenoxy) is 2. The molecule has 0 aliphatic carbocycles. The smallest absolute Gasteiger partial charge is 0.407 e. The van der Waals surface area contributed by atoms with Gasteiger partial charge in [-0.05, 0) is 118 Å². The Labute approximate surface area is 327 Å². The van der Waals surface area contributed by atoms with E-state index in [1.165, 1.54) is 0 Å². The van der Waals surface area contributed by atoms with E-state index >= 15 is 0 Å². The van der Waals surface area contributed by atoms with Crippen molar-refractivity contribution in [2.45, 2.75) is 175 Å². The first-order valence-electron chi connectivity index (χ1n) is 19.3. The minimum atomic E-state index is -1.56. The van der Waals surface area contributed by atoms with Crippen LogP contribution in [-0.2, 0) is 38.2 Å². The fourth-order valence-electron chi connectivity index (χ4n) is 5.54. The number of unbranched alkanes of at least 4 members (excludes halogenated alkanes) is 2. The van der Waals surface area contributed by atoms with E-state index in [-0.39, 0.29) is 37.6 Å². The van der Waals surface area contributed by atoms with Crippen molar-refractivity contribution in [3.8, 4) is 0 Å². The SMILES string of the molecule is CC(C)C[C@H](NC(=O)[C@@](C)(N)CC(C)C)C(=O)N[C@@H](CC(=O)OC(C)(C)C)C(=O)N[C@@H](CCCCNC(=O)OC(C)(C)C)C(=O)N[C@@H](CCCCN)C(=O)O. The van der Waals surface area contributed by atoms with E-state index in [0.717, 1.165) is 0 Å². The molecule has 0 unspecified atom stereocenters. The highest BCUT2D eigenvalue weighted by Gasteiger charge is 2.36. The summed E-state index contributed by atoms with van der Waals surface area (Å²) >= 11 is 0. The van der Waals surface area contributed by atoms with E-state index < -0.39 is 89.0 Å². The lowest BCUT2D eigenvalue weighted by molar-refractivity contribution is -0.156. The lowest BCUT2D eigenvalue weighted by Gasteiger charge is -2.30. The maximum absolute atomic E-state index is 14.0. The molecule has 0 rings (SSSR count). The highest BCUT2D eigenvalue weighted by molar-refractivity contribution is 5.97. The predicted octanol–water partition coefficient (Wildman–Crippen LogP) is 2.38. The summed E-state index contributed by atoms with van der Waals surface area (Å²) in [6.07, 6.45) is 1.00. The van der Waals surface area contributed by atoms with Gasteiger partial charge < -0.3 is 52.6 Å². The molecule has 0 aromatic carbocycles. The molecule has 17 heteroatoms. The third kappa shape index (κ3) is 23.5. The number of carboxylic acid groups (broad SMARTS) is 1. The maximum Gasteiger partial charge on any atom is 0.407 e. The molecular formula is C38H71N7O10. The third-order valence-electron chi connectivity index (χ3n) is 7.89. The molecule has 17 nitrogen and oxygen atoms in total. The lowest BCUT2D eigenvalue weighted by Crippen LogP contribution is -2.60. The zero-order chi connectivity index (χ0) is 42.7. The first-order valence-corrected chi connectivity index (χ1v) is 19.3. The average molecular weight is 786 g/mol. The van der Waals surface area contributed by atoms with E-state index in [9.17, 15) is 38.7 Å². The first-order chi connectivity index (χ1) is 25.2. The van der Waals surface area contributed by atoms with Gasteiger partial charge in [-0.25, -0.2) is 9.59 Å². The van der Waals surface area contributed by atoms with Crippen LogP contribution >= 0.6 is 0 Å². The van der Waals surface area contributed by atoms with Crippen LogP contribution in [0, 0.1) is 11.8 Å². The van der Waals surface area contributed by atoms with E-state index in [4.69, 9.17) is 20.9 Å². The molecule has 0 spiro atoms. The highest BCUT2D eigenvalue weighted by Crippen LogP contribution is 2.16. The van der Waals surface area contributed by atoms with Gasteiger partial charge in [0.25, 0.3) is 0 Å². The van der Waals surface area contributed by atoms with Gasteiger partial charge in [-0.2, -0.15) is 0 Å². The molecule has 0 aromatic rings. The molecule has 0 aliphatic heterocycles. The van der Waals surface area contributed by atoms with Crippen LogP contribution in [0.5, 0.6) is 0 Å². The number of rotatable bonds is 24. The summed E-state index contributed by atoms with van der Waals surface area (Å²) in [7, 11) is 0. The van der Waals surface area contributed by atoms with Gasteiger partial charge in [-0.1, -0.05) is 27.7 Å². The Morgan fingerprint density at radius 3 is 1.64 bits per heavy atom.